The van der Waals surface area contributed by atoms with Crippen molar-refractivity contribution in [2.75, 3.05) is 6.61 Å². The Morgan fingerprint density at radius 3 is 2.43 bits per heavy atom. The summed E-state index contributed by atoms with van der Waals surface area (Å²) in [5.41, 5.74) is 0. The van der Waals surface area contributed by atoms with Crippen LogP contribution in [0.1, 0.15) is 13.3 Å². The van der Waals surface area contributed by atoms with Crippen molar-refractivity contribution in [3.8, 4) is 0 Å². The lowest BCUT2D eigenvalue weighted by Gasteiger charge is -2.01. The van der Waals surface area contributed by atoms with E-state index in [1.54, 1.807) is 0 Å². The molecule has 0 heterocycles. The van der Waals surface area contributed by atoms with Gasteiger partial charge in [-0.15, -0.1) is 0 Å². The summed E-state index contributed by atoms with van der Waals surface area (Å²) in [5, 5.41) is 5.40. The van der Waals surface area contributed by atoms with E-state index in [0.29, 0.717) is 0 Å². The second kappa shape index (κ2) is 4.30. The van der Waals surface area contributed by atoms with Crippen LogP contribution in [0.15, 0.2) is 0 Å². The molecule has 1 atom stereocenters. The molecule has 0 aliphatic heterocycles. The molecule has 44 valence electrons. The molecule has 0 saturated carbocycles. The van der Waals surface area contributed by atoms with Gasteiger partial charge in [-0.05, 0) is 13.0 Å². The van der Waals surface area contributed by atoms with Crippen LogP contribution in [-0.2, 0) is 4.43 Å². The topological polar surface area (TPSA) is 35.2 Å². The molecule has 0 fully saturated rings. The predicted octanol–water partition coefficient (Wildman–Crippen LogP) is 0.222. The second-order valence-electron chi connectivity index (χ2n) is 1.58. The van der Waals surface area contributed by atoms with E-state index in [9.17, 15) is 0 Å². The molecule has 2 N–H and O–H groups in total. The number of rotatable bonds is 3. The quantitative estimate of drug-likeness (QED) is 0.539. The molecule has 7 heavy (non-hydrogen) atoms. The largest absolute Gasteiger partial charge is 0.406 e. The summed E-state index contributed by atoms with van der Waals surface area (Å²) in [5.74, 6) is 0. The predicted molar refractivity (Wildman–Crippen MR) is 33.4 cm³/mol. The zero-order valence-corrected chi connectivity index (χ0v) is 6.13. The zero-order chi connectivity index (χ0) is 5.70. The molecule has 2 nitrogen and oxygen atoms in total. The maximum atomic E-state index is 5.40. The molecule has 0 spiro atoms. The fourth-order valence-electron chi connectivity index (χ4n) is 0.304. The van der Waals surface area contributed by atoms with Crippen molar-refractivity contribution in [1.82, 2.24) is 0 Å². The molecule has 1 unspecified atom stereocenters. The van der Waals surface area contributed by atoms with Crippen molar-refractivity contribution in [3.63, 3.8) is 0 Å². The van der Waals surface area contributed by atoms with Gasteiger partial charge in [-0.2, -0.15) is 0 Å². The molecule has 0 aromatic heterocycles. The minimum absolute atomic E-state index is 0.837. The van der Waals surface area contributed by atoms with Crippen LogP contribution < -0.4 is 5.40 Å². The number of hydrogen-bond acceptors (Lipinski definition) is 2. The minimum atomic E-state index is -1.19. The Hall–Kier alpha value is 0.137. The van der Waals surface area contributed by atoms with Crippen molar-refractivity contribution in [1.29, 1.82) is 0 Å². The molecule has 0 saturated heterocycles. The van der Waals surface area contributed by atoms with Crippen LogP contribution in [0, 0.1) is 0 Å². The van der Waals surface area contributed by atoms with E-state index in [1.807, 2.05) is 6.55 Å². The number of hydrogen-bond donors (Lipinski definition) is 1. The van der Waals surface area contributed by atoms with Crippen molar-refractivity contribution in [3.05, 3.63) is 0 Å². The lowest BCUT2D eigenvalue weighted by Crippen LogP contribution is -2.25. The summed E-state index contributed by atoms with van der Waals surface area (Å²) >= 11 is 0. The first-order chi connectivity index (χ1) is 3.27. The first kappa shape index (κ1) is 7.14. The zero-order valence-electron chi connectivity index (χ0n) is 4.98. The Balaban J connectivity index is 2.68. The van der Waals surface area contributed by atoms with Gasteiger partial charge in [0.25, 0.3) is 0 Å². The van der Waals surface area contributed by atoms with Crippen LogP contribution in [-0.4, -0.2) is 15.8 Å². The average Bonchev–Trinajstić information content (AvgIpc) is 1.61. The standard InChI is InChI=1S/C4H13NOSi/c1-3-4-6-7(2)5/h7H,3-5H2,1-2H3. The van der Waals surface area contributed by atoms with Gasteiger partial charge in [-0.1, -0.05) is 6.92 Å². The van der Waals surface area contributed by atoms with E-state index in [-0.39, 0.29) is 0 Å². The molecule has 3 heteroatoms. The normalized spacial score (nSPS) is 14.1. The van der Waals surface area contributed by atoms with Crippen LogP contribution in [0.4, 0.5) is 0 Å². The minimum Gasteiger partial charge on any atom is -0.406 e. The molecule has 0 bridgehead atoms. The highest BCUT2D eigenvalue weighted by atomic mass is 28.3. The van der Waals surface area contributed by atoms with Gasteiger partial charge < -0.3 is 9.83 Å². The molecular formula is C4H13NOSi. The first-order valence-corrected chi connectivity index (χ1v) is 4.93. The lowest BCUT2D eigenvalue weighted by molar-refractivity contribution is 0.323. The van der Waals surface area contributed by atoms with Gasteiger partial charge in [0.2, 0.25) is 9.20 Å². The van der Waals surface area contributed by atoms with Crippen LogP contribution >= 0.6 is 0 Å². The van der Waals surface area contributed by atoms with Gasteiger partial charge in [-0.25, -0.2) is 0 Å². The van der Waals surface area contributed by atoms with Crippen LogP contribution in [0.25, 0.3) is 0 Å². The van der Waals surface area contributed by atoms with E-state index in [0.717, 1.165) is 13.0 Å². The Bertz CT molecular complexity index is 40.7. The van der Waals surface area contributed by atoms with Gasteiger partial charge in [0.1, 0.15) is 0 Å². The van der Waals surface area contributed by atoms with E-state index in [2.05, 4.69) is 6.92 Å². The Labute approximate surface area is 46.5 Å². The summed E-state index contributed by atoms with van der Waals surface area (Å²) in [6.07, 6.45) is 1.08. The van der Waals surface area contributed by atoms with Gasteiger partial charge in [0.05, 0.1) is 0 Å². The van der Waals surface area contributed by atoms with Crippen LogP contribution in [0.2, 0.25) is 6.55 Å². The molecule has 0 aliphatic carbocycles. The van der Waals surface area contributed by atoms with Gasteiger partial charge >= 0.3 is 0 Å². The lowest BCUT2D eigenvalue weighted by atomic mass is 10.5. The van der Waals surface area contributed by atoms with Gasteiger partial charge in [-0.3, -0.25) is 0 Å². The van der Waals surface area contributed by atoms with Crippen LogP contribution in [0.3, 0.4) is 0 Å². The molecule has 0 aromatic rings. The first-order valence-electron chi connectivity index (χ1n) is 2.64. The SMILES string of the molecule is CCCO[SiH](C)N. The maximum Gasteiger partial charge on any atom is 0.246 e. The summed E-state index contributed by atoms with van der Waals surface area (Å²) in [7, 11) is -1.19. The summed E-state index contributed by atoms with van der Waals surface area (Å²) in [4.78, 5) is 0. The third-order valence-corrected chi connectivity index (χ3v) is 1.35. The van der Waals surface area contributed by atoms with Crippen molar-refractivity contribution >= 4 is 9.20 Å². The third-order valence-electron chi connectivity index (χ3n) is 0.585. The average molecular weight is 119 g/mol. The smallest absolute Gasteiger partial charge is 0.246 e. The molecule has 0 amide bonds. The highest BCUT2D eigenvalue weighted by Crippen LogP contribution is 1.78. The third kappa shape index (κ3) is 6.14. The summed E-state index contributed by atoms with van der Waals surface area (Å²) in [6.45, 7) is 4.89. The summed E-state index contributed by atoms with van der Waals surface area (Å²) in [6, 6.07) is 0. The number of nitrogens with two attached hydrogens (primary N) is 1. The maximum absolute atomic E-state index is 5.40. The Morgan fingerprint density at radius 2 is 2.29 bits per heavy atom. The van der Waals surface area contributed by atoms with Crippen molar-refractivity contribution in [2.24, 2.45) is 5.40 Å². The van der Waals surface area contributed by atoms with E-state index in [4.69, 9.17) is 9.83 Å². The van der Waals surface area contributed by atoms with Crippen LogP contribution in [0.5, 0.6) is 0 Å². The Kier molecular flexibility index (Phi) is 4.38. The fraction of sp³-hybridized carbons (Fsp3) is 1.00. The van der Waals surface area contributed by atoms with Gasteiger partial charge in [0.15, 0.2) is 0 Å². The van der Waals surface area contributed by atoms with Gasteiger partial charge in [0, 0.05) is 6.61 Å². The molecular weight excluding hydrogens is 106 g/mol. The van der Waals surface area contributed by atoms with E-state index in [1.165, 1.54) is 0 Å². The highest BCUT2D eigenvalue weighted by molar-refractivity contribution is 6.46. The van der Waals surface area contributed by atoms with E-state index < -0.39 is 9.20 Å². The molecule has 0 aliphatic rings. The summed E-state index contributed by atoms with van der Waals surface area (Å²) < 4.78 is 5.11. The van der Waals surface area contributed by atoms with Crippen molar-refractivity contribution < 1.29 is 4.43 Å². The molecule has 0 radical (unpaired) electrons. The highest BCUT2D eigenvalue weighted by Gasteiger charge is 1.90. The monoisotopic (exact) mass is 119 g/mol. The van der Waals surface area contributed by atoms with E-state index >= 15 is 0 Å². The molecule has 0 aromatic carbocycles. The Morgan fingerprint density at radius 1 is 1.71 bits per heavy atom. The fourth-order valence-corrected chi connectivity index (χ4v) is 0.911. The van der Waals surface area contributed by atoms with Crippen molar-refractivity contribution in [2.45, 2.75) is 19.9 Å². The molecule has 0 rings (SSSR count). The second-order valence-corrected chi connectivity index (χ2v) is 3.32.